The lowest BCUT2D eigenvalue weighted by atomic mass is 10.1. The molecule has 2 heterocycles. The summed E-state index contributed by atoms with van der Waals surface area (Å²) in [7, 11) is 0. The molecule has 0 amide bonds. The Morgan fingerprint density at radius 3 is 2.22 bits per heavy atom. The molecule has 4 aromatic rings. The minimum Gasteiger partial charge on any atom is -0.487 e. The molecule has 0 saturated carbocycles. The SMILES string of the molecule is CC(N)(CO)c1nnc(-c2ccc(OCc3cc(-c4ccccc4)c(C(F)(F)F)s3)c(C(F)(F)F)c2)s1. The Morgan fingerprint density at radius 1 is 0.892 bits per heavy atom. The number of benzene rings is 2. The van der Waals surface area contributed by atoms with Crippen LogP contribution >= 0.6 is 22.7 Å². The van der Waals surface area contributed by atoms with E-state index >= 15 is 0 Å². The number of rotatable bonds is 7. The third kappa shape index (κ3) is 5.95. The molecule has 13 heteroatoms. The molecule has 0 saturated heterocycles. The van der Waals surface area contributed by atoms with E-state index in [9.17, 15) is 31.4 Å². The van der Waals surface area contributed by atoms with Gasteiger partial charge in [-0.15, -0.1) is 21.5 Å². The summed E-state index contributed by atoms with van der Waals surface area (Å²) >= 11 is 1.36. The van der Waals surface area contributed by atoms with Gasteiger partial charge < -0.3 is 15.6 Å². The zero-order valence-electron chi connectivity index (χ0n) is 19.0. The van der Waals surface area contributed by atoms with Crippen LogP contribution in [0.15, 0.2) is 54.6 Å². The van der Waals surface area contributed by atoms with E-state index in [0.717, 1.165) is 23.5 Å². The number of hydrogen-bond acceptors (Lipinski definition) is 7. The van der Waals surface area contributed by atoms with E-state index in [0.29, 0.717) is 16.9 Å². The van der Waals surface area contributed by atoms with Gasteiger partial charge in [0.05, 0.1) is 17.7 Å². The molecule has 196 valence electrons. The van der Waals surface area contributed by atoms with Gasteiger partial charge in [-0.05, 0) is 36.8 Å². The van der Waals surface area contributed by atoms with Crippen molar-refractivity contribution in [3.8, 4) is 27.4 Å². The van der Waals surface area contributed by atoms with Crippen molar-refractivity contribution in [1.29, 1.82) is 0 Å². The van der Waals surface area contributed by atoms with E-state index in [1.54, 1.807) is 18.2 Å². The zero-order valence-corrected chi connectivity index (χ0v) is 20.7. The summed E-state index contributed by atoms with van der Waals surface area (Å²) < 4.78 is 87.8. The van der Waals surface area contributed by atoms with Crippen molar-refractivity contribution in [3.63, 3.8) is 0 Å². The molecule has 0 fully saturated rings. The zero-order chi connectivity index (χ0) is 27.0. The normalized spacial score (nSPS) is 14.0. The maximum atomic E-state index is 13.9. The third-order valence-electron chi connectivity index (χ3n) is 5.27. The molecule has 37 heavy (non-hydrogen) atoms. The Bertz CT molecular complexity index is 1380. The average molecular weight is 560 g/mol. The van der Waals surface area contributed by atoms with Gasteiger partial charge in [-0.3, -0.25) is 0 Å². The van der Waals surface area contributed by atoms with Crippen molar-refractivity contribution in [3.05, 3.63) is 74.9 Å². The highest BCUT2D eigenvalue weighted by Crippen LogP contribution is 2.44. The lowest BCUT2D eigenvalue weighted by molar-refractivity contribution is -0.139. The van der Waals surface area contributed by atoms with Gasteiger partial charge in [0.15, 0.2) is 0 Å². The summed E-state index contributed by atoms with van der Waals surface area (Å²) in [4.78, 5) is -0.742. The van der Waals surface area contributed by atoms with Crippen molar-refractivity contribution in [1.82, 2.24) is 10.2 Å². The Morgan fingerprint density at radius 2 is 1.59 bits per heavy atom. The summed E-state index contributed by atoms with van der Waals surface area (Å²) in [5, 5.41) is 17.5. The fourth-order valence-electron chi connectivity index (χ4n) is 3.35. The van der Waals surface area contributed by atoms with Gasteiger partial charge in [0.2, 0.25) is 0 Å². The first kappa shape index (κ1) is 27.0. The van der Waals surface area contributed by atoms with Crippen LogP contribution in [-0.2, 0) is 24.5 Å². The van der Waals surface area contributed by atoms with Gasteiger partial charge in [0.1, 0.15) is 27.2 Å². The second-order valence-electron chi connectivity index (χ2n) is 8.30. The number of aromatic nitrogens is 2. The minimum atomic E-state index is -4.81. The van der Waals surface area contributed by atoms with E-state index in [1.807, 2.05) is 0 Å². The minimum absolute atomic E-state index is 0.0649. The number of ether oxygens (including phenoxy) is 1. The standard InChI is InChI=1S/C24H19F6N3O2S2/c1-22(31,12-34)21-33-32-20(37-21)14-7-8-18(17(9-14)23(25,26)27)35-11-15-10-16(13-5-3-2-4-6-13)19(36-15)24(28,29)30/h2-10,34H,11-12,31H2,1H3. The first-order chi connectivity index (χ1) is 17.3. The highest BCUT2D eigenvalue weighted by atomic mass is 32.1. The van der Waals surface area contributed by atoms with Crippen LogP contribution in [0.2, 0.25) is 0 Å². The molecule has 5 nitrogen and oxygen atoms in total. The highest BCUT2D eigenvalue weighted by Gasteiger charge is 2.37. The molecule has 0 aliphatic heterocycles. The molecule has 4 rings (SSSR count). The van der Waals surface area contributed by atoms with Crippen LogP contribution in [0.4, 0.5) is 26.3 Å². The van der Waals surface area contributed by atoms with Crippen molar-refractivity contribution < 1.29 is 36.2 Å². The van der Waals surface area contributed by atoms with Gasteiger partial charge in [-0.2, -0.15) is 26.3 Å². The van der Waals surface area contributed by atoms with Crippen LogP contribution in [0.25, 0.3) is 21.7 Å². The maximum Gasteiger partial charge on any atom is 0.426 e. The van der Waals surface area contributed by atoms with Gasteiger partial charge in [0.25, 0.3) is 0 Å². The summed E-state index contributed by atoms with van der Waals surface area (Å²) in [6, 6.07) is 12.4. The molecular weight excluding hydrogens is 540 g/mol. The summed E-state index contributed by atoms with van der Waals surface area (Å²) in [5.41, 5.74) is 3.96. The molecule has 0 bridgehead atoms. The fraction of sp³-hybridized carbons (Fsp3) is 0.250. The lowest BCUT2D eigenvalue weighted by Crippen LogP contribution is -2.36. The largest absolute Gasteiger partial charge is 0.487 e. The third-order valence-corrected chi connectivity index (χ3v) is 7.67. The average Bonchev–Trinajstić information content (AvgIpc) is 3.51. The molecule has 1 unspecified atom stereocenters. The summed E-state index contributed by atoms with van der Waals surface area (Å²) in [6.07, 6.45) is -9.45. The number of aliphatic hydroxyl groups is 1. The van der Waals surface area contributed by atoms with Crippen LogP contribution in [0.5, 0.6) is 5.75 Å². The molecular formula is C24H19F6N3O2S2. The van der Waals surface area contributed by atoms with Crippen LogP contribution in [0, 0.1) is 0 Å². The molecule has 0 aliphatic rings. The number of thiophene rings is 1. The van der Waals surface area contributed by atoms with E-state index in [2.05, 4.69) is 10.2 Å². The smallest absolute Gasteiger partial charge is 0.426 e. The fourth-order valence-corrected chi connectivity index (χ4v) is 5.20. The van der Waals surface area contributed by atoms with E-state index < -0.39 is 47.3 Å². The van der Waals surface area contributed by atoms with Crippen molar-refractivity contribution in [2.24, 2.45) is 5.73 Å². The van der Waals surface area contributed by atoms with E-state index in [1.165, 1.54) is 31.2 Å². The van der Waals surface area contributed by atoms with Gasteiger partial charge in [-0.25, -0.2) is 0 Å². The van der Waals surface area contributed by atoms with Gasteiger partial charge in [0, 0.05) is 16.0 Å². The number of nitrogens with zero attached hydrogens (tertiary/aromatic N) is 2. The van der Waals surface area contributed by atoms with E-state index in [4.69, 9.17) is 10.5 Å². The lowest BCUT2D eigenvalue weighted by Gasteiger charge is -2.17. The molecule has 0 spiro atoms. The predicted molar refractivity (Wildman–Crippen MR) is 128 cm³/mol. The number of hydrogen-bond donors (Lipinski definition) is 2. The summed E-state index contributed by atoms with van der Waals surface area (Å²) in [6.45, 7) is 0.578. The molecule has 1 atom stereocenters. The second-order valence-corrected chi connectivity index (χ2v) is 10.4. The first-order valence-electron chi connectivity index (χ1n) is 10.6. The van der Waals surface area contributed by atoms with Crippen LogP contribution in [0.1, 0.15) is 27.2 Å². The first-order valence-corrected chi connectivity index (χ1v) is 12.3. The number of alkyl halides is 6. The topological polar surface area (TPSA) is 81.3 Å². The number of aliphatic hydroxyl groups excluding tert-OH is 1. The van der Waals surface area contributed by atoms with Crippen LogP contribution in [0.3, 0.4) is 0 Å². The van der Waals surface area contributed by atoms with Crippen LogP contribution < -0.4 is 10.5 Å². The Balaban J connectivity index is 1.63. The van der Waals surface area contributed by atoms with Crippen molar-refractivity contribution in [2.75, 3.05) is 6.61 Å². The number of halogens is 6. The highest BCUT2D eigenvalue weighted by molar-refractivity contribution is 7.14. The molecule has 0 aliphatic carbocycles. The quantitative estimate of drug-likeness (QED) is 0.246. The maximum absolute atomic E-state index is 13.9. The van der Waals surface area contributed by atoms with Crippen LogP contribution in [-0.4, -0.2) is 21.9 Å². The monoisotopic (exact) mass is 559 g/mol. The predicted octanol–water partition coefficient (Wildman–Crippen LogP) is 6.72. The molecule has 3 N–H and O–H groups in total. The molecule has 2 aromatic carbocycles. The Hall–Kier alpha value is -3.00. The Labute approximate surface area is 215 Å². The summed E-state index contributed by atoms with van der Waals surface area (Å²) in [5.74, 6) is -0.539. The van der Waals surface area contributed by atoms with Crippen molar-refractivity contribution >= 4 is 22.7 Å². The molecule has 0 radical (unpaired) electrons. The Kier molecular flexibility index (Phi) is 7.34. The number of nitrogens with two attached hydrogens (primary N) is 1. The van der Waals surface area contributed by atoms with E-state index in [-0.39, 0.29) is 26.0 Å². The molecule has 2 aromatic heterocycles. The van der Waals surface area contributed by atoms with Gasteiger partial charge >= 0.3 is 12.4 Å². The van der Waals surface area contributed by atoms with Crippen molar-refractivity contribution in [2.45, 2.75) is 31.4 Å². The second kappa shape index (κ2) is 10.0. The van der Waals surface area contributed by atoms with Gasteiger partial charge in [-0.1, -0.05) is 41.7 Å².